The van der Waals surface area contributed by atoms with Crippen LogP contribution in [0.3, 0.4) is 0 Å². The average Bonchev–Trinajstić information content (AvgIpc) is 2.66. The van der Waals surface area contributed by atoms with Crippen molar-refractivity contribution in [3.63, 3.8) is 0 Å². The van der Waals surface area contributed by atoms with E-state index >= 15 is 0 Å². The molecule has 0 spiro atoms. The fourth-order valence-corrected chi connectivity index (χ4v) is 4.15. The zero-order valence-electron chi connectivity index (χ0n) is 17.1. The van der Waals surface area contributed by atoms with E-state index in [1.165, 1.54) is 0 Å². The van der Waals surface area contributed by atoms with Gasteiger partial charge in [0.05, 0.1) is 29.6 Å². The highest BCUT2D eigenvalue weighted by Crippen LogP contribution is 2.49. The van der Waals surface area contributed by atoms with Crippen LogP contribution >= 0.6 is 0 Å². The number of nitrogens with zero attached hydrogens (tertiary/aromatic N) is 1. The van der Waals surface area contributed by atoms with Crippen LogP contribution in [-0.2, 0) is 4.74 Å². The summed E-state index contributed by atoms with van der Waals surface area (Å²) in [5, 5.41) is 14.1. The standard InChI is InChI=1S/C23H28N2O4/c1-23(2,3)29-22(27)24-15-9-8-12-18(21(15)26)25-16-10-4-6-13-19(16)28-20-14-7-5-11-17(20)25/h4-7,10-11,13-15,18,21,26H,8-9,12H2,1-3H3,(H,24,27)/t15-,18+,21+/m0/s1. The number of nitrogens with one attached hydrogen (secondary N) is 1. The molecule has 3 atom stereocenters. The predicted octanol–water partition coefficient (Wildman–Crippen LogP) is 4.74. The topological polar surface area (TPSA) is 71.0 Å². The third kappa shape index (κ3) is 4.03. The first-order valence-corrected chi connectivity index (χ1v) is 10.2. The molecule has 1 amide bonds. The van der Waals surface area contributed by atoms with Crippen molar-refractivity contribution in [1.82, 2.24) is 5.32 Å². The quantitative estimate of drug-likeness (QED) is 0.767. The number of carbonyl (C=O) groups is 1. The SMILES string of the molecule is CC(C)(C)OC(=O)N[C@H]1CCC[C@@H](N2c3ccccc3Oc3ccccc32)[C@@H]1O. The Morgan fingerprint density at radius 3 is 2.24 bits per heavy atom. The predicted molar refractivity (Wildman–Crippen MR) is 112 cm³/mol. The molecule has 0 bridgehead atoms. The van der Waals surface area contributed by atoms with Crippen LogP contribution in [0, 0.1) is 0 Å². The Balaban J connectivity index is 1.62. The van der Waals surface area contributed by atoms with Crippen molar-refractivity contribution < 1.29 is 19.4 Å². The number of anilines is 2. The van der Waals surface area contributed by atoms with Crippen LogP contribution in [0.15, 0.2) is 48.5 Å². The van der Waals surface area contributed by atoms with Crippen LogP contribution in [0.4, 0.5) is 16.2 Å². The van der Waals surface area contributed by atoms with E-state index in [9.17, 15) is 9.90 Å². The molecule has 6 heteroatoms. The van der Waals surface area contributed by atoms with Gasteiger partial charge in [-0.25, -0.2) is 4.79 Å². The zero-order chi connectivity index (χ0) is 20.6. The average molecular weight is 396 g/mol. The second-order valence-corrected chi connectivity index (χ2v) is 8.65. The smallest absolute Gasteiger partial charge is 0.407 e. The second kappa shape index (κ2) is 7.59. The molecule has 1 fully saturated rings. The van der Waals surface area contributed by atoms with Gasteiger partial charge < -0.3 is 24.8 Å². The molecular weight excluding hydrogens is 368 g/mol. The Bertz CT molecular complexity index is 847. The maximum Gasteiger partial charge on any atom is 0.407 e. The molecule has 1 aliphatic carbocycles. The minimum absolute atomic E-state index is 0.185. The molecular formula is C23H28N2O4. The molecule has 0 unspecified atom stereocenters. The third-order valence-electron chi connectivity index (χ3n) is 5.32. The summed E-state index contributed by atoms with van der Waals surface area (Å²) in [6, 6.07) is 15.1. The van der Waals surface area contributed by atoms with Crippen LogP contribution in [-0.4, -0.2) is 35.0 Å². The normalized spacial score (nSPS) is 23.4. The zero-order valence-corrected chi connectivity index (χ0v) is 17.1. The van der Waals surface area contributed by atoms with Crippen LogP contribution in [0.2, 0.25) is 0 Å². The molecule has 2 aromatic carbocycles. The van der Waals surface area contributed by atoms with Gasteiger partial charge in [-0.15, -0.1) is 0 Å². The van der Waals surface area contributed by atoms with E-state index in [4.69, 9.17) is 9.47 Å². The van der Waals surface area contributed by atoms with Crippen molar-refractivity contribution in [2.45, 2.75) is 63.8 Å². The van der Waals surface area contributed by atoms with Crippen molar-refractivity contribution in [1.29, 1.82) is 0 Å². The molecule has 1 aliphatic heterocycles. The maximum absolute atomic E-state index is 12.3. The highest BCUT2D eigenvalue weighted by molar-refractivity contribution is 5.78. The van der Waals surface area contributed by atoms with Gasteiger partial charge in [0.15, 0.2) is 11.5 Å². The van der Waals surface area contributed by atoms with Gasteiger partial charge in [0.25, 0.3) is 0 Å². The Morgan fingerprint density at radius 2 is 1.66 bits per heavy atom. The Morgan fingerprint density at radius 1 is 1.07 bits per heavy atom. The van der Waals surface area contributed by atoms with Crippen LogP contribution < -0.4 is 15.0 Å². The van der Waals surface area contributed by atoms with Crippen molar-refractivity contribution in [3.05, 3.63) is 48.5 Å². The van der Waals surface area contributed by atoms with E-state index in [0.717, 1.165) is 35.7 Å². The molecule has 0 saturated heterocycles. The highest BCUT2D eigenvalue weighted by Gasteiger charge is 2.40. The number of alkyl carbamates (subject to hydrolysis) is 1. The second-order valence-electron chi connectivity index (χ2n) is 8.65. The Labute approximate surface area is 171 Å². The number of ether oxygens (including phenoxy) is 2. The number of carbonyl (C=O) groups excluding carboxylic acids is 1. The van der Waals surface area contributed by atoms with E-state index in [-0.39, 0.29) is 12.1 Å². The van der Waals surface area contributed by atoms with Gasteiger partial charge in [-0.3, -0.25) is 0 Å². The number of rotatable bonds is 2. The van der Waals surface area contributed by atoms with E-state index in [0.29, 0.717) is 6.42 Å². The van der Waals surface area contributed by atoms with Crippen LogP contribution in [0.1, 0.15) is 40.0 Å². The largest absolute Gasteiger partial charge is 0.453 e. The molecule has 4 rings (SSSR count). The van der Waals surface area contributed by atoms with Gasteiger partial charge in [-0.05, 0) is 64.3 Å². The number of aliphatic hydroxyl groups is 1. The summed E-state index contributed by atoms with van der Waals surface area (Å²) in [6.45, 7) is 5.48. The molecule has 0 radical (unpaired) electrons. The Hall–Kier alpha value is -2.73. The summed E-state index contributed by atoms with van der Waals surface area (Å²) >= 11 is 0. The number of benzene rings is 2. The number of fused-ring (bicyclic) bond motifs is 2. The highest BCUT2D eigenvalue weighted by atomic mass is 16.6. The Kier molecular flexibility index (Phi) is 5.13. The summed E-state index contributed by atoms with van der Waals surface area (Å²) in [6.07, 6.45) is 1.19. The van der Waals surface area contributed by atoms with E-state index in [2.05, 4.69) is 10.2 Å². The number of amides is 1. The lowest BCUT2D eigenvalue weighted by atomic mass is 9.86. The molecule has 6 nitrogen and oxygen atoms in total. The van der Waals surface area contributed by atoms with Crippen LogP contribution in [0.25, 0.3) is 0 Å². The molecule has 2 aromatic rings. The molecule has 1 saturated carbocycles. The maximum atomic E-state index is 12.3. The van der Waals surface area contributed by atoms with Gasteiger partial charge in [0.1, 0.15) is 5.60 Å². The molecule has 154 valence electrons. The monoisotopic (exact) mass is 396 g/mol. The summed E-state index contributed by atoms with van der Waals surface area (Å²) < 4.78 is 11.5. The van der Waals surface area contributed by atoms with Crippen molar-refractivity contribution in [2.24, 2.45) is 0 Å². The lowest BCUT2D eigenvalue weighted by Crippen LogP contribution is -2.56. The molecule has 2 N–H and O–H groups in total. The van der Waals surface area contributed by atoms with E-state index in [1.807, 2.05) is 69.3 Å². The molecule has 0 aromatic heterocycles. The third-order valence-corrected chi connectivity index (χ3v) is 5.32. The minimum Gasteiger partial charge on any atom is -0.453 e. The first-order valence-electron chi connectivity index (χ1n) is 10.2. The van der Waals surface area contributed by atoms with Gasteiger partial charge in [0, 0.05) is 0 Å². The van der Waals surface area contributed by atoms with Gasteiger partial charge in [0.2, 0.25) is 0 Å². The minimum atomic E-state index is -0.740. The number of para-hydroxylation sites is 4. The lowest BCUT2D eigenvalue weighted by Gasteiger charge is -2.44. The van der Waals surface area contributed by atoms with Gasteiger partial charge in [-0.1, -0.05) is 24.3 Å². The molecule has 1 heterocycles. The fraction of sp³-hybridized carbons (Fsp3) is 0.435. The van der Waals surface area contributed by atoms with E-state index in [1.54, 1.807) is 0 Å². The summed E-state index contributed by atoms with van der Waals surface area (Å²) in [7, 11) is 0. The molecule has 29 heavy (non-hydrogen) atoms. The molecule has 2 aliphatic rings. The first-order chi connectivity index (χ1) is 13.8. The van der Waals surface area contributed by atoms with Crippen molar-refractivity contribution in [2.75, 3.05) is 4.90 Å². The first kappa shape index (κ1) is 19.6. The van der Waals surface area contributed by atoms with Crippen molar-refractivity contribution in [3.8, 4) is 11.5 Å². The number of aliphatic hydroxyl groups excluding tert-OH is 1. The van der Waals surface area contributed by atoms with Crippen LogP contribution in [0.5, 0.6) is 11.5 Å². The summed E-state index contributed by atoms with van der Waals surface area (Å²) in [5.74, 6) is 1.53. The summed E-state index contributed by atoms with van der Waals surface area (Å²) in [5.41, 5.74) is 1.27. The summed E-state index contributed by atoms with van der Waals surface area (Å²) in [4.78, 5) is 14.4. The van der Waals surface area contributed by atoms with E-state index < -0.39 is 17.8 Å². The lowest BCUT2D eigenvalue weighted by molar-refractivity contribution is 0.0318. The fourth-order valence-electron chi connectivity index (χ4n) is 4.15. The van der Waals surface area contributed by atoms with Crippen molar-refractivity contribution >= 4 is 17.5 Å². The van der Waals surface area contributed by atoms with Gasteiger partial charge >= 0.3 is 6.09 Å². The number of hydrogen-bond acceptors (Lipinski definition) is 5. The van der Waals surface area contributed by atoms with Gasteiger partial charge in [-0.2, -0.15) is 0 Å². The number of hydrogen-bond donors (Lipinski definition) is 2.